The van der Waals surface area contributed by atoms with E-state index < -0.39 is 0 Å². The zero-order chi connectivity index (χ0) is 24.5. The number of amides is 1. The Labute approximate surface area is 207 Å². The third kappa shape index (κ3) is 7.84. The second-order valence-electron chi connectivity index (χ2n) is 7.80. The van der Waals surface area contributed by atoms with Crippen molar-refractivity contribution >= 4 is 23.4 Å². The molecule has 4 aromatic rings. The van der Waals surface area contributed by atoms with Crippen LogP contribution in [0.1, 0.15) is 16.8 Å². The summed E-state index contributed by atoms with van der Waals surface area (Å²) in [6, 6.07) is 26.0. The van der Waals surface area contributed by atoms with Crippen molar-refractivity contribution in [3.05, 3.63) is 112 Å². The first kappa shape index (κ1) is 24.3. The van der Waals surface area contributed by atoms with Crippen molar-refractivity contribution in [3.63, 3.8) is 0 Å². The van der Waals surface area contributed by atoms with Gasteiger partial charge in [-0.25, -0.2) is 4.98 Å². The van der Waals surface area contributed by atoms with Gasteiger partial charge in [-0.05, 0) is 48.9 Å². The van der Waals surface area contributed by atoms with E-state index in [9.17, 15) is 9.59 Å². The van der Waals surface area contributed by atoms with Gasteiger partial charge in [0, 0.05) is 11.8 Å². The fraction of sp³-hybridized carbons (Fsp3) is 0.148. The van der Waals surface area contributed by atoms with Crippen LogP contribution in [-0.4, -0.2) is 21.6 Å². The second-order valence-corrected chi connectivity index (χ2v) is 8.76. The van der Waals surface area contributed by atoms with Crippen molar-refractivity contribution in [1.82, 2.24) is 9.97 Å². The highest BCUT2D eigenvalue weighted by Crippen LogP contribution is 2.23. The van der Waals surface area contributed by atoms with Crippen molar-refractivity contribution in [1.29, 1.82) is 0 Å². The number of nitrogens with one attached hydrogen (secondary N) is 2. The Kier molecular flexibility index (Phi) is 8.32. The topological polar surface area (TPSA) is 93.3 Å². The molecule has 0 saturated carbocycles. The maximum atomic E-state index is 12.4. The summed E-state index contributed by atoms with van der Waals surface area (Å²) < 4.78 is 11.4. The number of aromatic amines is 1. The normalized spacial score (nSPS) is 10.7. The van der Waals surface area contributed by atoms with Gasteiger partial charge in [-0.2, -0.15) is 0 Å². The van der Waals surface area contributed by atoms with E-state index in [1.165, 1.54) is 11.6 Å². The largest absolute Gasteiger partial charge is 0.457 e. The molecule has 0 bridgehead atoms. The third-order valence-electron chi connectivity index (χ3n) is 4.87. The molecule has 1 amide bonds. The van der Waals surface area contributed by atoms with Crippen LogP contribution in [0.4, 0.5) is 5.69 Å². The minimum absolute atomic E-state index is 0.0961. The molecule has 0 atom stereocenters. The zero-order valence-electron chi connectivity index (χ0n) is 19.2. The number of nitrogens with zero attached hydrogens (tertiary/aromatic N) is 1. The molecule has 0 aliphatic carbocycles. The molecular formula is C27H25N3O4S. The van der Waals surface area contributed by atoms with E-state index >= 15 is 0 Å². The number of hydrogen-bond donors (Lipinski definition) is 2. The predicted octanol–water partition coefficient (Wildman–Crippen LogP) is 5.32. The molecule has 178 valence electrons. The molecule has 3 aromatic carbocycles. The summed E-state index contributed by atoms with van der Waals surface area (Å²) in [5, 5.41) is 3.20. The van der Waals surface area contributed by atoms with Gasteiger partial charge in [0.25, 0.3) is 5.56 Å². The zero-order valence-corrected chi connectivity index (χ0v) is 20.0. The highest BCUT2D eigenvalue weighted by Gasteiger charge is 2.08. The van der Waals surface area contributed by atoms with Crippen LogP contribution in [0, 0.1) is 6.92 Å². The van der Waals surface area contributed by atoms with Gasteiger partial charge in [-0.3, -0.25) is 9.59 Å². The van der Waals surface area contributed by atoms with Gasteiger partial charge in [-0.15, -0.1) is 0 Å². The van der Waals surface area contributed by atoms with E-state index in [0.717, 1.165) is 23.1 Å². The summed E-state index contributed by atoms with van der Waals surface area (Å²) in [7, 11) is 0. The average Bonchev–Trinajstić information content (AvgIpc) is 2.86. The molecule has 4 rings (SSSR count). The number of rotatable bonds is 10. The summed E-state index contributed by atoms with van der Waals surface area (Å²) in [4.78, 5) is 31.4. The number of para-hydroxylation sites is 1. The molecule has 0 fully saturated rings. The first-order valence-corrected chi connectivity index (χ1v) is 12.0. The van der Waals surface area contributed by atoms with Crippen LogP contribution in [0.5, 0.6) is 11.5 Å². The molecule has 0 unspecified atom stereocenters. The van der Waals surface area contributed by atoms with E-state index in [4.69, 9.17) is 9.47 Å². The quantitative estimate of drug-likeness (QED) is 0.232. The maximum Gasteiger partial charge on any atom is 0.251 e. The Bertz CT molecular complexity index is 1310. The summed E-state index contributed by atoms with van der Waals surface area (Å²) in [5.74, 6) is 1.30. The molecule has 8 heteroatoms. The molecular weight excluding hydrogens is 462 g/mol. The number of aromatic nitrogens is 2. The molecule has 7 nitrogen and oxygen atoms in total. The third-order valence-corrected chi connectivity index (χ3v) is 5.74. The lowest BCUT2D eigenvalue weighted by Gasteiger charge is -2.08. The highest BCUT2D eigenvalue weighted by atomic mass is 32.2. The van der Waals surface area contributed by atoms with E-state index in [0.29, 0.717) is 28.9 Å². The second kappa shape index (κ2) is 12.0. The Hall–Kier alpha value is -3.88. The molecule has 1 aromatic heterocycles. The van der Waals surface area contributed by atoms with Gasteiger partial charge < -0.3 is 19.8 Å². The molecule has 2 N–H and O–H groups in total. The summed E-state index contributed by atoms with van der Waals surface area (Å²) in [5.41, 5.74) is 3.11. The van der Waals surface area contributed by atoms with Crippen LogP contribution in [0.3, 0.4) is 0 Å². The van der Waals surface area contributed by atoms with Crippen LogP contribution in [0.15, 0.2) is 94.9 Å². The van der Waals surface area contributed by atoms with Gasteiger partial charge in [0.15, 0.2) is 5.16 Å². The number of thioether (sulfide) groups is 1. The molecule has 0 aliphatic rings. The van der Waals surface area contributed by atoms with E-state index in [1.807, 2.05) is 61.5 Å². The van der Waals surface area contributed by atoms with Crippen molar-refractivity contribution in [2.45, 2.75) is 25.3 Å². The number of ether oxygens (including phenoxy) is 2. The molecule has 0 spiro atoms. The van der Waals surface area contributed by atoms with Crippen molar-refractivity contribution in [2.75, 3.05) is 11.1 Å². The van der Waals surface area contributed by atoms with Crippen LogP contribution in [0.2, 0.25) is 0 Å². The Morgan fingerprint density at radius 1 is 0.943 bits per heavy atom. The fourth-order valence-electron chi connectivity index (χ4n) is 3.15. The van der Waals surface area contributed by atoms with Gasteiger partial charge in [0.1, 0.15) is 11.5 Å². The minimum atomic E-state index is -0.286. The monoisotopic (exact) mass is 487 g/mol. The van der Waals surface area contributed by atoms with Gasteiger partial charge in [0.2, 0.25) is 5.91 Å². The SMILES string of the molecule is Cc1ccc(COCc2cc(=O)[nH]c(SCC(=O)Nc3ccc(Oc4ccccc4)cc3)n2)cc1. The lowest BCUT2D eigenvalue weighted by molar-refractivity contribution is -0.113. The summed E-state index contributed by atoms with van der Waals surface area (Å²) >= 11 is 1.15. The minimum Gasteiger partial charge on any atom is -0.457 e. The number of carbonyl (C=O) groups excluding carboxylic acids is 1. The van der Waals surface area contributed by atoms with Crippen molar-refractivity contribution < 1.29 is 14.3 Å². The first-order valence-electron chi connectivity index (χ1n) is 11.0. The fourth-order valence-corrected chi connectivity index (χ4v) is 3.84. The predicted molar refractivity (Wildman–Crippen MR) is 137 cm³/mol. The number of aryl methyl sites for hydroxylation is 1. The number of carbonyl (C=O) groups is 1. The van der Waals surface area contributed by atoms with Gasteiger partial charge >= 0.3 is 0 Å². The van der Waals surface area contributed by atoms with E-state index in [2.05, 4.69) is 15.3 Å². The van der Waals surface area contributed by atoms with Crippen LogP contribution in [-0.2, 0) is 22.7 Å². The lowest BCUT2D eigenvalue weighted by Crippen LogP contribution is -2.16. The van der Waals surface area contributed by atoms with Crippen LogP contribution < -0.4 is 15.6 Å². The first-order chi connectivity index (χ1) is 17.0. The van der Waals surface area contributed by atoms with Gasteiger partial charge in [-0.1, -0.05) is 59.8 Å². The molecule has 0 aliphatic heterocycles. The van der Waals surface area contributed by atoms with E-state index in [1.54, 1.807) is 24.3 Å². The average molecular weight is 488 g/mol. The number of hydrogen-bond acceptors (Lipinski definition) is 6. The number of anilines is 1. The summed E-state index contributed by atoms with van der Waals surface area (Å²) in [6.45, 7) is 2.66. The Balaban J connectivity index is 1.25. The van der Waals surface area contributed by atoms with Gasteiger partial charge in [0.05, 0.1) is 24.7 Å². The molecule has 0 saturated heterocycles. The van der Waals surface area contributed by atoms with E-state index in [-0.39, 0.29) is 23.8 Å². The molecule has 1 heterocycles. The van der Waals surface area contributed by atoms with Crippen molar-refractivity contribution in [3.8, 4) is 11.5 Å². The van der Waals surface area contributed by atoms with Crippen LogP contribution >= 0.6 is 11.8 Å². The maximum absolute atomic E-state index is 12.4. The van der Waals surface area contributed by atoms with Crippen molar-refractivity contribution in [2.24, 2.45) is 0 Å². The summed E-state index contributed by atoms with van der Waals surface area (Å²) in [6.07, 6.45) is 0. The lowest BCUT2D eigenvalue weighted by atomic mass is 10.2. The molecule has 35 heavy (non-hydrogen) atoms. The molecule has 0 radical (unpaired) electrons. The Morgan fingerprint density at radius 3 is 2.40 bits per heavy atom. The standard InChI is InChI=1S/C27H25N3O4S/c1-19-7-9-20(10-8-19)16-33-17-22-15-25(31)30-27(29-22)35-18-26(32)28-21-11-13-24(14-12-21)34-23-5-3-2-4-6-23/h2-15H,16-18H2,1H3,(H,28,32)(H,29,30,31). The number of benzene rings is 3. The smallest absolute Gasteiger partial charge is 0.251 e. The highest BCUT2D eigenvalue weighted by molar-refractivity contribution is 7.99. The van der Waals surface area contributed by atoms with Crippen LogP contribution in [0.25, 0.3) is 0 Å². The Morgan fingerprint density at radius 2 is 1.66 bits per heavy atom. The number of H-pyrrole nitrogens is 1.